The van der Waals surface area contributed by atoms with Crippen molar-refractivity contribution >= 4 is 39.1 Å². The number of hydrogen-bond donors (Lipinski definition) is 2. The van der Waals surface area contributed by atoms with Crippen molar-refractivity contribution in [2.24, 2.45) is 0 Å². The van der Waals surface area contributed by atoms with Crippen LogP contribution in [0.25, 0.3) is 17.2 Å². The number of nitrogens with zero attached hydrogens (tertiary/aromatic N) is 5. The fraction of sp³-hybridized carbons (Fsp3) is 0.105. The number of hydrogen-bond acceptors (Lipinski definition) is 6. The van der Waals surface area contributed by atoms with E-state index in [-0.39, 0.29) is 12.5 Å². The van der Waals surface area contributed by atoms with E-state index in [2.05, 4.69) is 46.6 Å². The Balaban J connectivity index is 1.53. The maximum Gasteiger partial charge on any atom is 0.254 e. The number of carbonyl (C=O) groups excluding carboxylic acids is 1. The summed E-state index contributed by atoms with van der Waals surface area (Å²) in [6.07, 6.45) is 3.39. The maximum absolute atomic E-state index is 12.3. The Morgan fingerprint density at radius 1 is 1.18 bits per heavy atom. The summed E-state index contributed by atoms with van der Waals surface area (Å²) in [5, 5.41) is 10.4. The van der Waals surface area contributed by atoms with Crippen LogP contribution in [-0.4, -0.2) is 37.0 Å². The third-order valence-electron chi connectivity index (χ3n) is 3.92. The summed E-state index contributed by atoms with van der Waals surface area (Å²) < 4.78 is 2.54. The number of halogens is 1. The van der Waals surface area contributed by atoms with Gasteiger partial charge in [-0.05, 0) is 43.3 Å². The molecule has 2 N–H and O–H groups in total. The van der Waals surface area contributed by atoms with Crippen LogP contribution in [0.2, 0.25) is 0 Å². The summed E-state index contributed by atoms with van der Waals surface area (Å²) >= 11 is 3.37. The highest BCUT2D eigenvalue weighted by atomic mass is 79.9. The van der Waals surface area contributed by atoms with Crippen LogP contribution >= 0.6 is 15.9 Å². The van der Waals surface area contributed by atoms with Crippen molar-refractivity contribution in [3.63, 3.8) is 0 Å². The standard InChI is InChI=1S/C19H16BrN7O/c1-12-9-16(22-11-17(28)24-15-6-4-14(20)5-7-15)27-19(23-12)25-18(26-27)13-3-2-8-21-10-13/h2-10,22H,11H2,1H3,(H,24,28). The number of pyridine rings is 1. The fourth-order valence-corrected chi connectivity index (χ4v) is 2.90. The summed E-state index contributed by atoms with van der Waals surface area (Å²) in [6.45, 7) is 1.95. The van der Waals surface area contributed by atoms with Crippen molar-refractivity contribution in [1.29, 1.82) is 0 Å². The molecule has 0 atom stereocenters. The number of fused-ring (bicyclic) bond motifs is 1. The lowest BCUT2D eigenvalue weighted by Crippen LogP contribution is -2.23. The molecule has 28 heavy (non-hydrogen) atoms. The molecule has 0 spiro atoms. The number of amides is 1. The van der Waals surface area contributed by atoms with Gasteiger partial charge in [-0.2, -0.15) is 9.50 Å². The summed E-state index contributed by atoms with van der Waals surface area (Å²) in [6, 6.07) is 12.9. The molecule has 1 aromatic carbocycles. The van der Waals surface area contributed by atoms with E-state index in [0.717, 1.165) is 21.4 Å². The van der Waals surface area contributed by atoms with Gasteiger partial charge in [0.2, 0.25) is 5.91 Å². The quantitative estimate of drug-likeness (QED) is 0.496. The van der Waals surface area contributed by atoms with Gasteiger partial charge in [0.15, 0.2) is 5.82 Å². The Labute approximate surface area is 169 Å². The highest BCUT2D eigenvalue weighted by molar-refractivity contribution is 9.10. The lowest BCUT2D eigenvalue weighted by molar-refractivity contribution is -0.114. The Morgan fingerprint density at radius 3 is 2.75 bits per heavy atom. The molecule has 0 bridgehead atoms. The first kappa shape index (κ1) is 18.1. The first-order chi connectivity index (χ1) is 13.6. The van der Waals surface area contributed by atoms with Gasteiger partial charge >= 0.3 is 0 Å². The number of benzene rings is 1. The molecule has 0 unspecified atom stereocenters. The van der Waals surface area contributed by atoms with Crippen molar-refractivity contribution in [1.82, 2.24) is 24.6 Å². The van der Waals surface area contributed by atoms with E-state index in [1.807, 2.05) is 49.4 Å². The molecular formula is C19H16BrN7O. The van der Waals surface area contributed by atoms with Crippen LogP contribution in [0.4, 0.5) is 11.5 Å². The van der Waals surface area contributed by atoms with E-state index < -0.39 is 0 Å². The van der Waals surface area contributed by atoms with Gasteiger partial charge in [0.05, 0.1) is 6.54 Å². The first-order valence-corrected chi connectivity index (χ1v) is 9.32. The lowest BCUT2D eigenvalue weighted by atomic mass is 10.3. The van der Waals surface area contributed by atoms with Crippen LogP contribution in [0.5, 0.6) is 0 Å². The predicted octanol–water partition coefficient (Wildman–Crippen LogP) is 3.31. The maximum atomic E-state index is 12.3. The van der Waals surface area contributed by atoms with Crippen LogP contribution < -0.4 is 10.6 Å². The SMILES string of the molecule is Cc1cc(NCC(=O)Nc2ccc(Br)cc2)n2nc(-c3cccnc3)nc2n1. The van der Waals surface area contributed by atoms with E-state index in [4.69, 9.17) is 0 Å². The number of rotatable bonds is 5. The average Bonchev–Trinajstić information content (AvgIpc) is 3.12. The van der Waals surface area contributed by atoms with Gasteiger partial charge in [0.1, 0.15) is 5.82 Å². The number of nitrogens with one attached hydrogen (secondary N) is 2. The smallest absolute Gasteiger partial charge is 0.254 e. The third-order valence-corrected chi connectivity index (χ3v) is 4.45. The molecule has 3 aromatic heterocycles. The monoisotopic (exact) mass is 437 g/mol. The van der Waals surface area contributed by atoms with E-state index >= 15 is 0 Å². The van der Waals surface area contributed by atoms with E-state index in [1.165, 1.54) is 0 Å². The average molecular weight is 438 g/mol. The topological polar surface area (TPSA) is 97.1 Å². The van der Waals surface area contributed by atoms with Crippen LogP contribution in [0.1, 0.15) is 5.69 Å². The molecular weight excluding hydrogens is 422 g/mol. The molecule has 3 heterocycles. The molecule has 0 saturated carbocycles. The van der Waals surface area contributed by atoms with Crippen molar-refractivity contribution in [2.45, 2.75) is 6.92 Å². The molecule has 0 radical (unpaired) electrons. The van der Waals surface area contributed by atoms with Gasteiger partial charge < -0.3 is 10.6 Å². The van der Waals surface area contributed by atoms with E-state index in [1.54, 1.807) is 16.9 Å². The molecule has 0 aliphatic rings. The zero-order chi connectivity index (χ0) is 19.5. The lowest BCUT2D eigenvalue weighted by Gasteiger charge is -2.09. The van der Waals surface area contributed by atoms with Crippen LogP contribution in [0.15, 0.2) is 59.3 Å². The van der Waals surface area contributed by atoms with Gasteiger partial charge in [-0.25, -0.2) is 4.98 Å². The van der Waals surface area contributed by atoms with Crippen molar-refractivity contribution < 1.29 is 4.79 Å². The fourth-order valence-electron chi connectivity index (χ4n) is 2.64. The zero-order valence-electron chi connectivity index (χ0n) is 14.9. The van der Waals surface area contributed by atoms with Gasteiger partial charge in [-0.3, -0.25) is 9.78 Å². The number of carbonyl (C=O) groups is 1. The molecule has 140 valence electrons. The summed E-state index contributed by atoms with van der Waals surface area (Å²) in [5.41, 5.74) is 2.30. The molecule has 0 fully saturated rings. The van der Waals surface area contributed by atoms with Crippen LogP contribution in [-0.2, 0) is 4.79 Å². The minimum absolute atomic E-state index is 0.0801. The Bertz CT molecular complexity index is 1130. The molecule has 0 aliphatic heterocycles. The Hall–Kier alpha value is -3.33. The van der Waals surface area contributed by atoms with Gasteiger partial charge in [-0.1, -0.05) is 15.9 Å². The highest BCUT2D eigenvalue weighted by Crippen LogP contribution is 2.18. The summed E-state index contributed by atoms with van der Waals surface area (Å²) in [5.74, 6) is 1.44. The Kier molecular flexibility index (Phi) is 4.98. The molecule has 0 saturated heterocycles. The second-order valence-corrected chi connectivity index (χ2v) is 7.00. The minimum Gasteiger partial charge on any atom is -0.361 e. The largest absolute Gasteiger partial charge is 0.361 e. The van der Waals surface area contributed by atoms with Gasteiger partial charge in [0, 0.05) is 39.9 Å². The third kappa shape index (κ3) is 3.99. The van der Waals surface area contributed by atoms with Crippen molar-refractivity contribution in [3.8, 4) is 11.4 Å². The highest BCUT2D eigenvalue weighted by Gasteiger charge is 2.12. The van der Waals surface area contributed by atoms with E-state index in [0.29, 0.717) is 17.4 Å². The predicted molar refractivity (Wildman–Crippen MR) is 110 cm³/mol. The van der Waals surface area contributed by atoms with Crippen LogP contribution in [0, 0.1) is 6.92 Å². The number of aromatic nitrogens is 5. The van der Waals surface area contributed by atoms with Gasteiger partial charge in [-0.15, -0.1) is 5.10 Å². The summed E-state index contributed by atoms with van der Waals surface area (Å²) in [7, 11) is 0. The molecule has 1 amide bonds. The van der Waals surface area contributed by atoms with Crippen LogP contribution in [0.3, 0.4) is 0 Å². The van der Waals surface area contributed by atoms with Crippen molar-refractivity contribution in [3.05, 3.63) is 65.0 Å². The second-order valence-electron chi connectivity index (χ2n) is 6.08. The normalized spacial score (nSPS) is 10.8. The Morgan fingerprint density at radius 2 is 2.00 bits per heavy atom. The molecule has 4 aromatic rings. The molecule has 0 aliphatic carbocycles. The number of aryl methyl sites for hydroxylation is 1. The molecule has 8 nitrogen and oxygen atoms in total. The first-order valence-electron chi connectivity index (χ1n) is 8.52. The van der Waals surface area contributed by atoms with E-state index in [9.17, 15) is 4.79 Å². The van der Waals surface area contributed by atoms with Crippen molar-refractivity contribution in [2.75, 3.05) is 17.2 Å². The molecule has 4 rings (SSSR count). The second kappa shape index (κ2) is 7.73. The van der Waals surface area contributed by atoms with Gasteiger partial charge in [0.25, 0.3) is 5.78 Å². The molecule has 9 heteroatoms. The minimum atomic E-state index is -0.169. The zero-order valence-corrected chi connectivity index (χ0v) is 16.5. The summed E-state index contributed by atoms with van der Waals surface area (Å²) in [4.78, 5) is 25.2. The number of anilines is 2.